The quantitative estimate of drug-likeness (QED) is 0.754. The molecule has 2 heterocycles. The molecule has 1 atom stereocenters. The molecule has 2 aromatic carbocycles. The van der Waals surface area contributed by atoms with E-state index in [-0.39, 0.29) is 26.0 Å². The summed E-state index contributed by atoms with van der Waals surface area (Å²) in [5, 5.41) is 5.07. The van der Waals surface area contributed by atoms with E-state index in [9.17, 15) is 18.8 Å². The average Bonchev–Trinajstić information content (AvgIpc) is 3.08. The van der Waals surface area contributed by atoms with E-state index < -0.39 is 29.6 Å². The first-order chi connectivity index (χ1) is 14.3. The molecule has 0 spiro atoms. The molecule has 1 fully saturated rings. The summed E-state index contributed by atoms with van der Waals surface area (Å²) in [7, 11) is 1.73. The Kier molecular flexibility index (Phi) is 4.59. The van der Waals surface area contributed by atoms with E-state index in [1.165, 1.54) is 6.07 Å². The molecule has 29 heavy (non-hydrogen) atoms. The van der Waals surface area contributed by atoms with Crippen LogP contribution in [0, 0.1) is 5.82 Å². The summed E-state index contributed by atoms with van der Waals surface area (Å²) in [5.41, 5.74) is 1.95. The Morgan fingerprint density at radius 2 is 2.14 bits per heavy atom. The number of hydrogen-bond acceptors (Lipinski definition) is 5. The van der Waals surface area contributed by atoms with Gasteiger partial charge in [0.25, 0.3) is 5.91 Å². The first-order valence-corrected chi connectivity index (χ1v) is 9.20. The summed E-state index contributed by atoms with van der Waals surface area (Å²) in [6.45, 7) is -0.0541. The van der Waals surface area contributed by atoms with Crippen molar-refractivity contribution in [2.24, 2.45) is 0 Å². The standard InChI is InChI=1S/C21H20FN3O4/c1-23-13-5-6-16(22)12(9-13)11-29-18-4-2-3-14-15(18)10-25(21(14)28)17-7-8-19(26)24-20(17)27/h2-6,9,17,23H,7-8,10-11H2,1H3,(H,24,26,27)/t17-/m1/s1/i17D. The van der Waals surface area contributed by atoms with E-state index in [2.05, 4.69) is 10.6 Å². The Labute approximate surface area is 168 Å². The fourth-order valence-electron chi connectivity index (χ4n) is 3.52. The summed E-state index contributed by atoms with van der Waals surface area (Å²) in [4.78, 5) is 37.8. The number of imide groups is 1. The lowest BCUT2D eigenvalue weighted by atomic mass is 10.0. The maximum absolute atomic E-state index is 14.1. The number of benzene rings is 2. The normalized spacial score (nSPS) is 21.5. The topological polar surface area (TPSA) is 87.7 Å². The summed E-state index contributed by atoms with van der Waals surface area (Å²) >= 11 is 0. The minimum Gasteiger partial charge on any atom is -0.488 e. The van der Waals surface area contributed by atoms with Gasteiger partial charge in [-0.25, -0.2) is 4.39 Å². The van der Waals surface area contributed by atoms with Crippen molar-refractivity contribution in [3.63, 3.8) is 0 Å². The van der Waals surface area contributed by atoms with Crippen molar-refractivity contribution in [2.75, 3.05) is 12.4 Å². The molecule has 0 aliphatic carbocycles. The molecule has 2 aliphatic heterocycles. The van der Waals surface area contributed by atoms with Crippen LogP contribution in [0.1, 0.15) is 35.7 Å². The SMILES string of the molecule is [2H][C@@]1(N2Cc3c(OCc4cc(NC)ccc4F)cccc3C2=O)CCC(=O)NC1=O. The van der Waals surface area contributed by atoms with Gasteiger partial charge in [-0.05, 0) is 36.8 Å². The van der Waals surface area contributed by atoms with E-state index in [0.717, 1.165) is 10.6 Å². The Morgan fingerprint density at radius 1 is 1.31 bits per heavy atom. The molecular weight excluding hydrogens is 377 g/mol. The van der Waals surface area contributed by atoms with Crippen LogP contribution in [0.25, 0.3) is 0 Å². The lowest BCUT2D eigenvalue weighted by molar-refractivity contribution is -0.136. The molecule has 2 N–H and O–H groups in total. The van der Waals surface area contributed by atoms with Crippen LogP contribution in [0.15, 0.2) is 36.4 Å². The van der Waals surface area contributed by atoms with Crippen molar-refractivity contribution >= 4 is 23.4 Å². The fourth-order valence-corrected chi connectivity index (χ4v) is 3.52. The molecule has 7 nitrogen and oxygen atoms in total. The van der Waals surface area contributed by atoms with Gasteiger partial charge in [-0.2, -0.15) is 0 Å². The molecule has 150 valence electrons. The number of rotatable bonds is 5. The molecule has 0 bridgehead atoms. The van der Waals surface area contributed by atoms with Gasteiger partial charge < -0.3 is 15.0 Å². The van der Waals surface area contributed by atoms with Crippen molar-refractivity contribution in [2.45, 2.75) is 32.0 Å². The lowest BCUT2D eigenvalue weighted by Crippen LogP contribution is -2.52. The van der Waals surface area contributed by atoms with E-state index in [0.29, 0.717) is 22.4 Å². The smallest absolute Gasteiger partial charge is 0.255 e. The predicted octanol–water partition coefficient (Wildman–Crippen LogP) is 2.21. The molecule has 4 rings (SSSR count). The monoisotopic (exact) mass is 398 g/mol. The molecule has 0 aromatic heterocycles. The van der Waals surface area contributed by atoms with Crippen LogP contribution in [0.2, 0.25) is 0 Å². The zero-order valence-electron chi connectivity index (χ0n) is 16.8. The van der Waals surface area contributed by atoms with Gasteiger partial charge in [0, 0.05) is 35.8 Å². The van der Waals surface area contributed by atoms with Gasteiger partial charge in [0.1, 0.15) is 24.2 Å². The summed E-state index contributed by atoms with van der Waals surface area (Å²) in [6.07, 6.45) is -0.0879. The number of nitrogens with zero attached hydrogens (tertiary/aromatic N) is 1. The van der Waals surface area contributed by atoms with Crippen LogP contribution in [0.5, 0.6) is 5.75 Å². The Balaban J connectivity index is 1.58. The highest BCUT2D eigenvalue weighted by atomic mass is 19.1. The molecule has 3 amide bonds. The van der Waals surface area contributed by atoms with Crippen LogP contribution in [0.3, 0.4) is 0 Å². The summed E-state index contributed by atoms with van der Waals surface area (Å²) in [6, 6.07) is 7.63. The van der Waals surface area contributed by atoms with Crippen LogP contribution in [0.4, 0.5) is 10.1 Å². The fraction of sp³-hybridized carbons (Fsp3) is 0.286. The van der Waals surface area contributed by atoms with E-state index in [4.69, 9.17) is 6.11 Å². The van der Waals surface area contributed by atoms with Crippen LogP contribution >= 0.6 is 0 Å². The number of piperidine rings is 1. The average molecular weight is 398 g/mol. The Hall–Kier alpha value is -3.42. The highest BCUT2D eigenvalue weighted by Gasteiger charge is 2.40. The van der Waals surface area contributed by atoms with E-state index >= 15 is 0 Å². The number of amides is 3. The van der Waals surface area contributed by atoms with Crippen molar-refractivity contribution in [3.05, 3.63) is 58.9 Å². The minimum atomic E-state index is -1.87. The van der Waals surface area contributed by atoms with Gasteiger partial charge in [0.15, 0.2) is 0 Å². The van der Waals surface area contributed by atoms with Gasteiger partial charge in [-0.1, -0.05) is 6.07 Å². The minimum absolute atomic E-state index is 0.00547. The van der Waals surface area contributed by atoms with Crippen molar-refractivity contribution in [1.82, 2.24) is 10.2 Å². The third kappa shape index (κ3) is 3.53. The number of carbonyl (C=O) groups is 3. The third-order valence-electron chi connectivity index (χ3n) is 5.07. The first-order valence-electron chi connectivity index (χ1n) is 9.70. The largest absolute Gasteiger partial charge is 0.488 e. The van der Waals surface area contributed by atoms with Gasteiger partial charge in [0.05, 0.1) is 7.92 Å². The molecule has 0 unspecified atom stereocenters. The molecule has 2 aliphatic rings. The van der Waals surface area contributed by atoms with Gasteiger partial charge in [-0.15, -0.1) is 0 Å². The zero-order chi connectivity index (χ0) is 21.5. The number of halogens is 1. The number of nitrogens with one attached hydrogen (secondary N) is 2. The summed E-state index contributed by atoms with van der Waals surface area (Å²) in [5.74, 6) is -1.77. The predicted molar refractivity (Wildman–Crippen MR) is 103 cm³/mol. The zero-order valence-corrected chi connectivity index (χ0v) is 15.8. The Morgan fingerprint density at radius 3 is 2.90 bits per heavy atom. The number of hydrogen-bond donors (Lipinski definition) is 2. The molecule has 0 saturated carbocycles. The van der Waals surface area contributed by atoms with Crippen molar-refractivity contribution in [1.29, 1.82) is 0 Å². The van der Waals surface area contributed by atoms with Crippen molar-refractivity contribution < 1.29 is 24.9 Å². The molecular formula is C21H20FN3O4. The number of ether oxygens (including phenoxy) is 1. The van der Waals surface area contributed by atoms with Gasteiger partial charge in [-0.3, -0.25) is 19.7 Å². The van der Waals surface area contributed by atoms with Crippen LogP contribution < -0.4 is 15.4 Å². The van der Waals surface area contributed by atoms with Gasteiger partial charge in [0.2, 0.25) is 11.8 Å². The maximum atomic E-state index is 14.1. The second-order valence-electron chi connectivity index (χ2n) is 6.84. The molecule has 8 heteroatoms. The number of anilines is 1. The van der Waals surface area contributed by atoms with Crippen molar-refractivity contribution in [3.8, 4) is 5.75 Å². The molecule has 1 saturated heterocycles. The molecule has 0 radical (unpaired) electrons. The van der Waals surface area contributed by atoms with Crippen LogP contribution in [-0.4, -0.2) is 35.7 Å². The van der Waals surface area contributed by atoms with Crippen LogP contribution in [-0.2, 0) is 22.7 Å². The highest BCUT2D eigenvalue weighted by molar-refractivity contribution is 6.05. The van der Waals surface area contributed by atoms with E-state index in [1.807, 2.05) is 0 Å². The summed E-state index contributed by atoms with van der Waals surface area (Å²) < 4.78 is 28.5. The first kappa shape index (κ1) is 17.7. The second kappa shape index (κ2) is 7.54. The lowest BCUT2D eigenvalue weighted by Gasteiger charge is -2.29. The molecule has 2 aromatic rings. The number of carbonyl (C=O) groups excluding carboxylic acids is 3. The highest BCUT2D eigenvalue weighted by Crippen LogP contribution is 2.34. The number of fused-ring (bicyclic) bond motifs is 1. The maximum Gasteiger partial charge on any atom is 0.255 e. The Bertz CT molecular complexity index is 1060. The second-order valence-corrected chi connectivity index (χ2v) is 6.84. The van der Waals surface area contributed by atoms with E-state index in [1.54, 1.807) is 37.4 Å². The third-order valence-corrected chi connectivity index (χ3v) is 5.07. The van der Waals surface area contributed by atoms with Gasteiger partial charge >= 0.3 is 0 Å².